The summed E-state index contributed by atoms with van der Waals surface area (Å²) < 4.78 is 5.01. The summed E-state index contributed by atoms with van der Waals surface area (Å²) in [7, 11) is 0. The number of amides is 2. The number of hydrogen-bond donors (Lipinski definition) is 0. The van der Waals surface area contributed by atoms with Crippen LogP contribution in [0.1, 0.15) is 37.2 Å². The summed E-state index contributed by atoms with van der Waals surface area (Å²) in [5, 5.41) is 0. The highest BCUT2D eigenvalue weighted by Crippen LogP contribution is 2.22. The summed E-state index contributed by atoms with van der Waals surface area (Å²) >= 11 is 0. The summed E-state index contributed by atoms with van der Waals surface area (Å²) in [6.07, 6.45) is 3.98. The van der Waals surface area contributed by atoms with Gasteiger partial charge in [-0.2, -0.15) is 0 Å². The Bertz CT molecular complexity index is 626. The summed E-state index contributed by atoms with van der Waals surface area (Å²) in [6.45, 7) is 8.52. The molecule has 2 amide bonds. The predicted octanol–water partition coefficient (Wildman–Crippen LogP) is 2.23. The van der Waals surface area contributed by atoms with Gasteiger partial charge in [0.2, 0.25) is 0 Å². The number of rotatable bonds is 3. The topological polar surface area (TPSA) is 66.0 Å². The molecule has 7 nitrogen and oxygen atoms in total. The van der Waals surface area contributed by atoms with Crippen LogP contribution < -0.4 is 4.90 Å². The number of carbonyl (C=O) groups is 2. The lowest BCUT2D eigenvalue weighted by Gasteiger charge is -2.34. The fourth-order valence-electron chi connectivity index (χ4n) is 3.59. The van der Waals surface area contributed by atoms with E-state index in [1.165, 1.54) is 12.8 Å². The molecule has 2 fully saturated rings. The molecular weight excluding hydrogens is 332 g/mol. The number of anilines is 1. The van der Waals surface area contributed by atoms with Crippen LogP contribution in [0.4, 0.5) is 10.5 Å². The summed E-state index contributed by atoms with van der Waals surface area (Å²) in [5.74, 6) is 0.618. The molecule has 1 aromatic rings. The minimum atomic E-state index is -0.308. The second-order valence-electron chi connectivity index (χ2n) is 7.07. The lowest BCUT2D eigenvalue weighted by Crippen LogP contribution is -2.50. The Morgan fingerprint density at radius 2 is 1.88 bits per heavy atom. The molecule has 1 aromatic heterocycles. The third-order valence-electron chi connectivity index (χ3n) is 5.08. The van der Waals surface area contributed by atoms with E-state index in [0.717, 1.165) is 18.8 Å². The van der Waals surface area contributed by atoms with Crippen LogP contribution >= 0.6 is 0 Å². The van der Waals surface area contributed by atoms with Crippen LogP contribution in [0, 0.1) is 5.92 Å². The number of piperazine rings is 1. The van der Waals surface area contributed by atoms with E-state index in [9.17, 15) is 9.59 Å². The van der Waals surface area contributed by atoms with Crippen LogP contribution in [0.25, 0.3) is 0 Å². The standard InChI is InChI=1S/C19H28N4O3/c1-3-26-19(25)22-11-9-21(10-12-22)18(24)17-7-6-16(13-20-17)23-8-4-5-15(2)14-23/h6-7,13,15H,3-5,8-12,14H2,1-2H3. The molecule has 3 rings (SSSR count). The van der Waals surface area contributed by atoms with Crippen LogP contribution in [-0.2, 0) is 4.74 Å². The quantitative estimate of drug-likeness (QED) is 0.827. The Morgan fingerprint density at radius 3 is 2.50 bits per heavy atom. The first kappa shape index (κ1) is 18.5. The second-order valence-corrected chi connectivity index (χ2v) is 7.07. The molecule has 0 radical (unpaired) electrons. The minimum Gasteiger partial charge on any atom is -0.450 e. The summed E-state index contributed by atoms with van der Waals surface area (Å²) in [5.41, 5.74) is 1.55. The molecule has 1 atom stereocenters. The monoisotopic (exact) mass is 360 g/mol. The van der Waals surface area contributed by atoms with Gasteiger partial charge in [-0.05, 0) is 37.8 Å². The lowest BCUT2D eigenvalue weighted by atomic mass is 10.00. The van der Waals surface area contributed by atoms with Crippen molar-refractivity contribution in [2.75, 3.05) is 50.8 Å². The van der Waals surface area contributed by atoms with Crippen molar-refractivity contribution in [1.29, 1.82) is 0 Å². The molecule has 0 saturated carbocycles. The molecule has 0 aromatic carbocycles. The minimum absolute atomic E-state index is 0.0768. The van der Waals surface area contributed by atoms with E-state index in [4.69, 9.17) is 4.74 Å². The van der Waals surface area contributed by atoms with Gasteiger partial charge in [0.15, 0.2) is 0 Å². The van der Waals surface area contributed by atoms with Crippen molar-refractivity contribution in [2.24, 2.45) is 5.92 Å². The van der Waals surface area contributed by atoms with Gasteiger partial charge in [0.25, 0.3) is 5.91 Å². The Morgan fingerprint density at radius 1 is 1.15 bits per heavy atom. The number of aromatic nitrogens is 1. The molecule has 3 heterocycles. The van der Waals surface area contributed by atoms with Gasteiger partial charge >= 0.3 is 6.09 Å². The zero-order chi connectivity index (χ0) is 18.5. The Labute approximate surface area is 154 Å². The molecule has 142 valence electrons. The Balaban J connectivity index is 1.56. The number of hydrogen-bond acceptors (Lipinski definition) is 5. The molecule has 1 unspecified atom stereocenters. The van der Waals surface area contributed by atoms with Gasteiger partial charge in [0.05, 0.1) is 18.5 Å². The van der Waals surface area contributed by atoms with Crippen molar-refractivity contribution in [3.8, 4) is 0 Å². The zero-order valence-corrected chi connectivity index (χ0v) is 15.7. The lowest BCUT2D eigenvalue weighted by molar-refractivity contribution is 0.0566. The summed E-state index contributed by atoms with van der Waals surface area (Å²) in [6, 6.07) is 3.81. The molecular formula is C19H28N4O3. The molecule has 2 aliphatic rings. The van der Waals surface area contributed by atoms with E-state index in [1.807, 2.05) is 12.1 Å². The number of nitrogens with zero attached hydrogens (tertiary/aromatic N) is 4. The second kappa shape index (κ2) is 8.38. The average molecular weight is 360 g/mol. The number of ether oxygens (including phenoxy) is 1. The van der Waals surface area contributed by atoms with E-state index in [-0.39, 0.29) is 12.0 Å². The first-order valence-electron chi connectivity index (χ1n) is 9.50. The number of carbonyl (C=O) groups excluding carboxylic acids is 2. The van der Waals surface area contributed by atoms with Gasteiger partial charge in [-0.3, -0.25) is 4.79 Å². The van der Waals surface area contributed by atoms with Crippen molar-refractivity contribution in [3.63, 3.8) is 0 Å². The molecule has 2 aliphatic heterocycles. The molecule has 2 saturated heterocycles. The van der Waals surface area contributed by atoms with Gasteiger partial charge in [0, 0.05) is 39.3 Å². The van der Waals surface area contributed by atoms with Gasteiger partial charge in [0.1, 0.15) is 5.69 Å². The molecule has 26 heavy (non-hydrogen) atoms. The zero-order valence-electron chi connectivity index (χ0n) is 15.7. The molecule has 7 heteroatoms. The number of piperidine rings is 1. The third-order valence-corrected chi connectivity index (χ3v) is 5.08. The maximum Gasteiger partial charge on any atom is 0.409 e. The van der Waals surface area contributed by atoms with Gasteiger partial charge in [-0.15, -0.1) is 0 Å². The first-order chi connectivity index (χ1) is 12.6. The maximum atomic E-state index is 12.7. The summed E-state index contributed by atoms with van der Waals surface area (Å²) in [4.78, 5) is 34.5. The SMILES string of the molecule is CCOC(=O)N1CCN(C(=O)c2ccc(N3CCCC(C)C3)cn2)CC1. The maximum absolute atomic E-state index is 12.7. The van der Waals surface area contributed by atoms with E-state index in [0.29, 0.717) is 44.4 Å². The largest absolute Gasteiger partial charge is 0.450 e. The fourth-order valence-corrected chi connectivity index (χ4v) is 3.59. The van der Waals surface area contributed by atoms with Gasteiger partial charge in [-0.25, -0.2) is 9.78 Å². The smallest absolute Gasteiger partial charge is 0.409 e. The normalized spacial score (nSPS) is 20.8. The van der Waals surface area contributed by atoms with Gasteiger partial charge in [-0.1, -0.05) is 6.92 Å². The molecule has 0 bridgehead atoms. The van der Waals surface area contributed by atoms with Crippen LogP contribution in [0.3, 0.4) is 0 Å². The average Bonchev–Trinajstić information content (AvgIpc) is 2.68. The third kappa shape index (κ3) is 4.26. The van der Waals surface area contributed by atoms with Crippen molar-refractivity contribution in [2.45, 2.75) is 26.7 Å². The highest BCUT2D eigenvalue weighted by atomic mass is 16.6. The van der Waals surface area contributed by atoms with Crippen LogP contribution in [-0.4, -0.2) is 72.7 Å². The van der Waals surface area contributed by atoms with E-state index in [2.05, 4.69) is 16.8 Å². The molecule has 0 spiro atoms. The fraction of sp³-hybridized carbons (Fsp3) is 0.632. The number of pyridine rings is 1. The Hall–Kier alpha value is -2.31. The van der Waals surface area contributed by atoms with E-state index in [1.54, 1.807) is 22.9 Å². The van der Waals surface area contributed by atoms with Crippen LogP contribution in [0.2, 0.25) is 0 Å². The van der Waals surface area contributed by atoms with Crippen LogP contribution in [0.5, 0.6) is 0 Å². The van der Waals surface area contributed by atoms with Crippen LogP contribution in [0.15, 0.2) is 18.3 Å². The van der Waals surface area contributed by atoms with Crippen molar-refractivity contribution in [3.05, 3.63) is 24.0 Å². The van der Waals surface area contributed by atoms with E-state index >= 15 is 0 Å². The van der Waals surface area contributed by atoms with Gasteiger partial charge < -0.3 is 19.4 Å². The van der Waals surface area contributed by atoms with Crippen molar-refractivity contribution in [1.82, 2.24) is 14.8 Å². The van der Waals surface area contributed by atoms with E-state index < -0.39 is 0 Å². The highest BCUT2D eigenvalue weighted by Gasteiger charge is 2.26. The van der Waals surface area contributed by atoms with Crippen molar-refractivity contribution >= 4 is 17.7 Å². The molecule has 0 N–H and O–H groups in total. The molecule has 0 aliphatic carbocycles. The first-order valence-corrected chi connectivity index (χ1v) is 9.50. The highest BCUT2D eigenvalue weighted by molar-refractivity contribution is 5.92. The predicted molar refractivity (Wildman–Crippen MR) is 99.3 cm³/mol. The Kier molecular flexibility index (Phi) is 5.96. The van der Waals surface area contributed by atoms with Crippen molar-refractivity contribution < 1.29 is 14.3 Å².